The van der Waals surface area contributed by atoms with Crippen molar-refractivity contribution in [3.05, 3.63) is 71.3 Å². The van der Waals surface area contributed by atoms with Crippen LogP contribution in [0.2, 0.25) is 0 Å². The molecule has 3 rings (SSSR count). The van der Waals surface area contributed by atoms with Crippen molar-refractivity contribution >= 4 is 17.9 Å². The molecule has 0 spiro atoms. The van der Waals surface area contributed by atoms with Crippen LogP contribution in [-0.4, -0.2) is 46.0 Å². The molecule has 2 aromatic carbocycles. The van der Waals surface area contributed by atoms with Gasteiger partial charge in [-0.15, -0.1) is 6.42 Å². The lowest BCUT2D eigenvalue weighted by molar-refractivity contribution is -0.149. The van der Waals surface area contributed by atoms with E-state index in [2.05, 4.69) is 16.6 Å². The molecule has 2 N–H and O–H groups in total. The Balaban J connectivity index is 2.09. The molecule has 1 aliphatic carbocycles. The van der Waals surface area contributed by atoms with E-state index in [4.69, 9.17) is 11.2 Å². The lowest BCUT2D eigenvalue weighted by Crippen LogP contribution is -2.60. The van der Waals surface area contributed by atoms with Gasteiger partial charge in [0.15, 0.2) is 0 Å². The van der Waals surface area contributed by atoms with Crippen LogP contribution in [0.1, 0.15) is 103 Å². The van der Waals surface area contributed by atoms with Crippen LogP contribution in [0, 0.1) is 12.3 Å². The third kappa shape index (κ3) is 9.11. The van der Waals surface area contributed by atoms with Gasteiger partial charge in [-0.2, -0.15) is 0 Å². The molecular formula is C35H47N3O4. The minimum Gasteiger partial charge on any atom is -0.444 e. The predicted octanol–water partition coefficient (Wildman–Crippen LogP) is 6.31. The number of carbonyl (C=O) groups excluding carboxylic acids is 3. The van der Waals surface area contributed by atoms with Gasteiger partial charge in [0.25, 0.3) is 0 Å². The number of carbonyl (C=O) groups is 3. The summed E-state index contributed by atoms with van der Waals surface area (Å²) in [5, 5.41) is 6.09. The third-order valence-electron chi connectivity index (χ3n) is 7.88. The molecule has 7 nitrogen and oxygen atoms in total. The van der Waals surface area contributed by atoms with E-state index in [1.165, 1.54) is 0 Å². The highest BCUT2D eigenvalue weighted by Gasteiger charge is 2.43. The van der Waals surface area contributed by atoms with Crippen LogP contribution in [0.5, 0.6) is 0 Å². The molecule has 1 fully saturated rings. The molecule has 2 unspecified atom stereocenters. The first-order valence-electron chi connectivity index (χ1n) is 15.1. The summed E-state index contributed by atoms with van der Waals surface area (Å²) in [6, 6.07) is 14.9. The van der Waals surface area contributed by atoms with E-state index in [9.17, 15) is 14.4 Å². The first-order valence-corrected chi connectivity index (χ1v) is 15.1. The highest BCUT2D eigenvalue weighted by Crippen LogP contribution is 2.33. The van der Waals surface area contributed by atoms with Crippen molar-refractivity contribution in [2.24, 2.45) is 0 Å². The van der Waals surface area contributed by atoms with Gasteiger partial charge in [-0.3, -0.25) is 9.59 Å². The summed E-state index contributed by atoms with van der Waals surface area (Å²) >= 11 is 0. The van der Waals surface area contributed by atoms with Crippen molar-refractivity contribution in [1.82, 2.24) is 15.5 Å². The molecule has 0 radical (unpaired) electrons. The molecule has 7 heteroatoms. The van der Waals surface area contributed by atoms with Crippen molar-refractivity contribution in [3.8, 4) is 12.3 Å². The number of nitrogens with one attached hydrogen (secondary N) is 2. The number of rotatable bonds is 10. The molecule has 2 aromatic rings. The smallest absolute Gasteiger partial charge is 0.408 e. The number of amides is 3. The molecule has 2 atom stereocenters. The molecule has 1 saturated carbocycles. The fraction of sp³-hybridized carbons (Fsp3) is 0.514. The average molecular weight is 574 g/mol. The van der Waals surface area contributed by atoms with Gasteiger partial charge >= 0.3 is 6.09 Å². The lowest BCUT2D eigenvalue weighted by Gasteiger charge is -2.45. The minimum atomic E-state index is -0.969. The molecule has 0 heterocycles. The number of ether oxygens (including phenoxy) is 1. The van der Waals surface area contributed by atoms with Gasteiger partial charge in [-0.05, 0) is 77.1 Å². The molecule has 3 amide bonds. The average Bonchev–Trinajstić information content (AvgIpc) is 2.95. The Bertz CT molecular complexity index is 1240. The summed E-state index contributed by atoms with van der Waals surface area (Å²) in [5.74, 6) is 2.03. The van der Waals surface area contributed by atoms with Crippen molar-refractivity contribution in [2.45, 2.75) is 116 Å². The van der Waals surface area contributed by atoms with Crippen molar-refractivity contribution in [3.63, 3.8) is 0 Å². The standard InChI is InChI=1S/C35H47N3O4/c1-8-25-20-22-27(23-21-25)30(31(39)36-28-18-14-11-15-19-28)38(35(6,7)9-2)32(40)29(24-26-16-12-10-13-17-26)37-33(41)42-34(3,4)5/h1,10,12-13,16-17,20-23,28-30H,9,11,14-15,18-19,24H2,2-7H3,(H,36,39)(H,37,41). The Morgan fingerprint density at radius 3 is 2.14 bits per heavy atom. The topological polar surface area (TPSA) is 87.7 Å². The van der Waals surface area contributed by atoms with Gasteiger partial charge in [0, 0.05) is 23.6 Å². The Hall–Kier alpha value is -3.79. The summed E-state index contributed by atoms with van der Waals surface area (Å²) in [4.78, 5) is 43.6. The Kier molecular flexibility index (Phi) is 11.2. The third-order valence-corrected chi connectivity index (χ3v) is 7.88. The molecule has 0 bridgehead atoms. The summed E-state index contributed by atoms with van der Waals surface area (Å²) in [5.41, 5.74) is 0.747. The van der Waals surface area contributed by atoms with Crippen LogP contribution in [-0.2, 0) is 20.7 Å². The SMILES string of the molecule is C#Cc1ccc(C(C(=O)NC2CCCCC2)N(C(=O)C(Cc2ccccc2)NC(=O)OC(C)(C)C)C(C)(C)CC)cc1. The van der Waals surface area contributed by atoms with Gasteiger partial charge in [-0.1, -0.05) is 74.6 Å². The zero-order valence-electron chi connectivity index (χ0n) is 26.0. The Morgan fingerprint density at radius 1 is 0.976 bits per heavy atom. The first kappa shape index (κ1) is 32.7. The number of hydrogen-bond acceptors (Lipinski definition) is 4. The number of nitrogens with zero attached hydrogens (tertiary/aromatic N) is 1. The van der Waals surface area contributed by atoms with E-state index in [1.54, 1.807) is 37.8 Å². The van der Waals surface area contributed by atoms with Crippen LogP contribution >= 0.6 is 0 Å². The maximum absolute atomic E-state index is 14.7. The van der Waals surface area contributed by atoms with E-state index in [0.717, 1.165) is 37.7 Å². The van der Waals surface area contributed by atoms with Crippen molar-refractivity contribution < 1.29 is 19.1 Å². The van der Waals surface area contributed by atoms with E-state index < -0.39 is 29.3 Å². The van der Waals surface area contributed by atoms with Crippen LogP contribution in [0.3, 0.4) is 0 Å². The van der Waals surface area contributed by atoms with Gasteiger partial charge in [-0.25, -0.2) is 4.79 Å². The fourth-order valence-corrected chi connectivity index (χ4v) is 5.32. The summed E-state index contributed by atoms with van der Waals surface area (Å²) < 4.78 is 5.55. The van der Waals surface area contributed by atoms with E-state index in [0.29, 0.717) is 17.5 Å². The minimum absolute atomic E-state index is 0.0560. The Morgan fingerprint density at radius 2 is 1.60 bits per heavy atom. The van der Waals surface area contributed by atoms with Crippen molar-refractivity contribution in [2.75, 3.05) is 0 Å². The fourth-order valence-electron chi connectivity index (χ4n) is 5.32. The number of hydrogen-bond donors (Lipinski definition) is 2. The van der Waals surface area contributed by atoms with E-state index >= 15 is 0 Å². The summed E-state index contributed by atoms with van der Waals surface area (Å²) in [7, 11) is 0. The van der Waals surface area contributed by atoms with Gasteiger partial charge in [0.1, 0.15) is 17.7 Å². The first-order chi connectivity index (χ1) is 19.8. The van der Waals surface area contributed by atoms with Crippen LogP contribution < -0.4 is 10.6 Å². The maximum atomic E-state index is 14.7. The second-order valence-electron chi connectivity index (χ2n) is 12.8. The number of alkyl carbamates (subject to hydrolysis) is 1. The van der Waals surface area contributed by atoms with E-state index in [-0.39, 0.29) is 24.3 Å². The number of terminal acetylenes is 1. The maximum Gasteiger partial charge on any atom is 0.408 e. The molecule has 0 saturated heterocycles. The summed E-state index contributed by atoms with van der Waals surface area (Å²) in [6.07, 6.45) is 10.9. The monoisotopic (exact) mass is 573 g/mol. The highest BCUT2D eigenvalue weighted by atomic mass is 16.6. The molecule has 0 aromatic heterocycles. The van der Waals surface area contributed by atoms with Crippen LogP contribution in [0.15, 0.2) is 54.6 Å². The molecular weight excluding hydrogens is 526 g/mol. The van der Waals surface area contributed by atoms with Crippen molar-refractivity contribution in [1.29, 1.82) is 0 Å². The van der Waals surface area contributed by atoms with E-state index in [1.807, 2.05) is 63.2 Å². The predicted molar refractivity (Wildman–Crippen MR) is 167 cm³/mol. The van der Waals surface area contributed by atoms with Gasteiger partial charge in [0.05, 0.1) is 0 Å². The molecule has 0 aliphatic heterocycles. The lowest BCUT2D eigenvalue weighted by atomic mass is 9.90. The summed E-state index contributed by atoms with van der Waals surface area (Å²) in [6.45, 7) is 11.2. The second-order valence-corrected chi connectivity index (χ2v) is 12.8. The Labute approximate surface area is 251 Å². The van der Waals surface area contributed by atoms with Crippen LogP contribution in [0.4, 0.5) is 4.79 Å². The molecule has 42 heavy (non-hydrogen) atoms. The normalized spacial score (nSPS) is 15.5. The number of benzene rings is 2. The zero-order valence-corrected chi connectivity index (χ0v) is 26.0. The second kappa shape index (κ2) is 14.4. The molecule has 1 aliphatic rings. The molecule has 226 valence electrons. The quantitative estimate of drug-likeness (QED) is 0.326. The van der Waals surface area contributed by atoms with Gasteiger partial charge < -0.3 is 20.3 Å². The zero-order chi connectivity index (χ0) is 30.9. The largest absolute Gasteiger partial charge is 0.444 e. The van der Waals surface area contributed by atoms with Gasteiger partial charge in [0.2, 0.25) is 11.8 Å². The highest BCUT2D eigenvalue weighted by molar-refractivity contribution is 5.93. The van der Waals surface area contributed by atoms with Crippen LogP contribution in [0.25, 0.3) is 0 Å².